The molecule has 0 aromatic heterocycles. The molecule has 1 aliphatic carbocycles. The van der Waals surface area contributed by atoms with Crippen LogP contribution in [0.1, 0.15) is 44.9 Å². The van der Waals surface area contributed by atoms with Gasteiger partial charge in [-0.15, -0.1) is 0 Å². The Hall–Kier alpha value is -0.610. The average Bonchev–Trinajstić information content (AvgIpc) is 3.11. The third kappa shape index (κ3) is 2.00. The number of hydrogen-bond acceptors (Lipinski definition) is 3. The smallest absolute Gasteiger partial charge is 0.321 e. The molecule has 3 saturated heterocycles. The number of hydrogen-bond donors (Lipinski definition) is 1. The highest BCUT2D eigenvalue weighted by atomic mass is 16.4. The van der Waals surface area contributed by atoms with Crippen molar-refractivity contribution in [2.24, 2.45) is 11.8 Å². The van der Waals surface area contributed by atoms with Crippen LogP contribution in [0.2, 0.25) is 0 Å². The number of fused-ring (bicyclic) bond motifs is 2. The summed E-state index contributed by atoms with van der Waals surface area (Å²) in [5, 5.41) is 9.70. The highest BCUT2D eigenvalue weighted by molar-refractivity contribution is 5.74. The van der Waals surface area contributed by atoms with Crippen molar-refractivity contribution in [1.29, 1.82) is 0 Å². The van der Waals surface area contributed by atoms with Gasteiger partial charge in [0.05, 0.1) is 0 Å². The van der Waals surface area contributed by atoms with Crippen LogP contribution in [0.5, 0.6) is 0 Å². The van der Waals surface area contributed by atoms with E-state index in [0.717, 1.165) is 19.0 Å². The molecule has 20 heavy (non-hydrogen) atoms. The van der Waals surface area contributed by atoms with Gasteiger partial charge in [-0.3, -0.25) is 9.69 Å². The highest BCUT2D eigenvalue weighted by Gasteiger charge is 2.50. The number of carboxylic acids is 1. The number of carbonyl (C=O) groups is 1. The Morgan fingerprint density at radius 3 is 2.75 bits per heavy atom. The van der Waals surface area contributed by atoms with Crippen LogP contribution in [0.4, 0.5) is 0 Å². The zero-order valence-electron chi connectivity index (χ0n) is 12.2. The fraction of sp³-hybridized carbons (Fsp3) is 0.938. The molecule has 112 valence electrons. The Balaban J connectivity index is 1.51. The van der Waals surface area contributed by atoms with Crippen LogP contribution < -0.4 is 0 Å². The lowest BCUT2D eigenvalue weighted by Crippen LogP contribution is -2.51. The molecular weight excluding hydrogens is 252 g/mol. The third-order valence-electron chi connectivity index (χ3n) is 6.44. The predicted molar refractivity (Wildman–Crippen MR) is 76.6 cm³/mol. The maximum atomic E-state index is 11.8. The number of rotatable bonds is 2. The summed E-state index contributed by atoms with van der Waals surface area (Å²) in [6, 6.07) is 1.09. The van der Waals surface area contributed by atoms with Crippen molar-refractivity contribution >= 4 is 5.97 Å². The molecule has 5 unspecified atom stereocenters. The fourth-order valence-corrected chi connectivity index (χ4v) is 5.54. The van der Waals surface area contributed by atoms with Crippen LogP contribution >= 0.6 is 0 Å². The number of likely N-dealkylation sites (tertiary alicyclic amines) is 1. The number of piperidine rings is 1. The Labute approximate surface area is 121 Å². The van der Waals surface area contributed by atoms with E-state index in [1.807, 2.05) is 0 Å². The zero-order valence-corrected chi connectivity index (χ0v) is 12.2. The van der Waals surface area contributed by atoms with Crippen molar-refractivity contribution < 1.29 is 9.90 Å². The Morgan fingerprint density at radius 1 is 1.00 bits per heavy atom. The third-order valence-corrected chi connectivity index (χ3v) is 6.44. The van der Waals surface area contributed by atoms with E-state index in [2.05, 4.69) is 9.80 Å². The van der Waals surface area contributed by atoms with Crippen LogP contribution in [-0.2, 0) is 4.79 Å². The SMILES string of the molecule is O=C(O)C1C2CCCC2CN1C1CCN2CCCC2C1. The summed E-state index contributed by atoms with van der Waals surface area (Å²) in [6.45, 7) is 3.51. The van der Waals surface area contributed by atoms with E-state index >= 15 is 0 Å². The maximum Gasteiger partial charge on any atom is 0.321 e. The van der Waals surface area contributed by atoms with Gasteiger partial charge in [0, 0.05) is 18.6 Å². The Morgan fingerprint density at radius 2 is 1.90 bits per heavy atom. The van der Waals surface area contributed by atoms with Crippen LogP contribution in [0.3, 0.4) is 0 Å². The van der Waals surface area contributed by atoms with Gasteiger partial charge < -0.3 is 10.0 Å². The second-order valence-electron chi connectivity index (χ2n) is 7.34. The van der Waals surface area contributed by atoms with Crippen molar-refractivity contribution in [3.63, 3.8) is 0 Å². The lowest BCUT2D eigenvalue weighted by molar-refractivity contribution is -0.145. The van der Waals surface area contributed by atoms with Crippen LogP contribution in [0, 0.1) is 11.8 Å². The molecule has 0 spiro atoms. The van der Waals surface area contributed by atoms with Crippen molar-refractivity contribution in [2.75, 3.05) is 19.6 Å². The van der Waals surface area contributed by atoms with E-state index < -0.39 is 5.97 Å². The first kappa shape index (κ1) is 13.1. The minimum atomic E-state index is -0.562. The first-order valence-electron chi connectivity index (χ1n) is 8.46. The first-order valence-corrected chi connectivity index (χ1v) is 8.46. The number of aliphatic carboxylic acids is 1. The summed E-state index contributed by atoms with van der Waals surface area (Å²) in [5.41, 5.74) is 0. The monoisotopic (exact) mass is 278 g/mol. The van der Waals surface area contributed by atoms with Gasteiger partial charge in [-0.05, 0) is 63.5 Å². The molecule has 5 atom stereocenters. The van der Waals surface area contributed by atoms with Gasteiger partial charge in [-0.25, -0.2) is 0 Å². The molecule has 0 aromatic carbocycles. The zero-order chi connectivity index (χ0) is 13.7. The van der Waals surface area contributed by atoms with Crippen LogP contribution in [0.15, 0.2) is 0 Å². The van der Waals surface area contributed by atoms with E-state index in [1.165, 1.54) is 51.6 Å². The molecule has 4 aliphatic rings. The van der Waals surface area contributed by atoms with E-state index in [0.29, 0.717) is 17.9 Å². The number of nitrogens with zero attached hydrogens (tertiary/aromatic N) is 2. The Bertz CT molecular complexity index is 400. The van der Waals surface area contributed by atoms with E-state index in [4.69, 9.17) is 0 Å². The molecular formula is C16H26N2O2. The topological polar surface area (TPSA) is 43.8 Å². The molecule has 4 rings (SSSR count). The van der Waals surface area contributed by atoms with Crippen molar-refractivity contribution in [3.05, 3.63) is 0 Å². The van der Waals surface area contributed by atoms with Gasteiger partial charge in [0.1, 0.15) is 6.04 Å². The van der Waals surface area contributed by atoms with Gasteiger partial charge in [0.15, 0.2) is 0 Å². The van der Waals surface area contributed by atoms with E-state index in [-0.39, 0.29) is 6.04 Å². The van der Waals surface area contributed by atoms with Crippen molar-refractivity contribution in [3.8, 4) is 0 Å². The molecule has 4 nitrogen and oxygen atoms in total. The number of carboxylic acid groups (broad SMARTS) is 1. The predicted octanol–water partition coefficient (Wildman–Crippen LogP) is 1.80. The molecule has 0 bridgehead atoms. The van der Waals surface area contributed by atoms with E-state index in [9.17, 15) is 9.90 Å². The minimum Gasteiger partial charge on any atom is -0.480 e. The maximum absolute atomic E-state index is 11.8. The minimum absolute atomic E-state index is 0.180. The molecule has 4 heteroatoms. The van der Waals surface area contributed by atoms with Crippen molar-refractivity contribution in [1.82, 2.24) is 9.80 Å². The summed E-state index contributed by atoms with van der Waals surface area (Å²) in [4.78, 5) is 16.8. The van der Waals surface area contributed by atoms with Crippen molar-refractivity contribution in [2.45, 2.75) is 63.1 Å². The molecule has 4 fully saturated rings. The van der Waals surface area contributed by atoms with Crippen LogP contribution in [-0.4, -0.2) is 58.6 Å². The average molecular weight is 278 g/mol. The highest BCUT2D eigenvalue weighted by Crippen LogP contribution is 2.44. The van der Waals surface area contributed by atoms with Gasteiger partial charge in [-0.2, -0.15) is 0 Å². The molecule has 0 aromatic rings. The van der Waals surface area contributed by atoms with Gasteiger partial charge >= 0.3 is 5.97 Å². The van der Waals surface area contributed by atoms with Gasteiger partial charge in [-0.1, -0.05) is 6.42 Å². The van der Waals surface area contributed by atoms with Gasteiger partial charge in [0.25, 0.3) is 0 Å². The molecule has 1 N–H and O–H groups in total. The summed E-state index contributed by atoms with van der Waals surface area (Å²) in [7, 11) is 0. The second-order valence-corrected chi connectivity index (χ2v) is 7.34. The summed E-state index contributed by atoms with van der Waals surface area (Å²) >= 11 is 0. The van der Waals surface area contributed by atoms with Crippen LogP contribution in [0.25, 0.3) is 0 Å². The normalized spacial score (nSPS) is 45.5. The summed E-state index contributed by atoms with van der Waals surface area (Å²) < 4.78 is 0. The molecule has 3 heterocycles. The van der Waals surface area contributed by atoms with E-state index in [1.54, 1.807) is 0 Å². The lowest BCUT2D eigenvalue weighted by atomic mass is 9.92. The Kier molecular flexibility index (Phi) is 3.26. The molecule has 3 aliphatic heterocycles. The fourth-order valence-electron chi connectivity index (χ4n) is 5.54. The summed E-state index contributed by atoms with van der Waals surface area (Å²) in [6.07, 6.45) is 8.70. The molecule has 0 radical (unpaired) electrons. The summed E-state index contributed by atoms with van der Waals surface area (Å²) in [5.74, 6) is 0.542. The second kappa shape index (κ2) is 4.99. The molecule has 1 saturated carbocycles. The first-order chi connectivity index (χ1) is 9.74. The quantitative estimate of drug-likeness (QED) is 0.836. The van der Waals surface area contributed by atoms with Gasteiger partial charge in [0.2, 0.25) is 0 Å². The molecule has 0 amide bonds. The lowest BCUT2D eigenvalue weighted by Gasteiger charge is -2.41. The standard InChI is InChI=1S/C16H26N2O2/c19-16(20)15-14-5-1-3-11(14)10-18(15)13-6-8-17-7-2-4-12(17)9-13/h11-15H,1-10H2,(H,19,20). The largest absolute Gasteiger partial charge is 0.480 e.